The third kappa shape index (κ3) is 6.38. The van der Waals surface area contributed by atoms with Gasteiger partial charge in [0.1, 0.15) is 0 Å². The zero-order chi connectivity index (χ0) is 32.8. The third-order valence-electron chi connectivity index (χ3n) is 8.18. The van der Waals surface area contributed by atoms with Gasteiger partial charge in [-0.05, 0) is 58.3 Å². The zero-order valence-corrected chi connectivity index (χ0v) is 25.3. The molecule has 0 aliphatic heterocycles. The van der Waals surface area contributed by atoms with Gasteiger partial charge in [-0.15, -0.1) is 0 Å². The highest BCUT2D eigenvalue weighted by Gasteiger charge is 2.33. The highest BCUT2D eigenvalue weighted by atomic mass is 16.5. The Morgan fingerprint density at radius 2 is 1.29 bits per heavy atom. The lowest BCUT2D eigenvalue weighted by Crippen LogP contribution is -2.18. The van der Waals surface area contributed by atoms with Crippen LogP contribution < -0.4 is 5.73 Å². The first-order chi connectivity index (χ1) is 21.6. The molecule has 5 aromatic carbocycles. The van der Waals surface area contributed by atoms with Crippen molar-refractivity contribution in [3.8, 4) is 0 Å². The van der Waals surface area contributed by atoms with Crippen LogP contribution in [-0.4, -0.2) is 64.1 Å². The van der Waals surface area contributed by atoms with Gasteiger partial charge in [-0.3, -0.25) is 0 Å². The van der Waals surface area contributed by atoms with Crippen molar-refractivity contribution in [2.75, 3.05) is 19.8 Å². The molecule has 1 unspecified atom stereocenters. The van der Waals surface area contributed by atoms with Gasteiger partial charge in [0.05, 0.1) is 22.3 Å². The van der Waals surface area contributed by atoms with E-state index in [1.165, 1.54) is 37.8 Å². The Balaban J connectivity index is 0.000000302. The number of hydrogen-bond acceptors (Lipinski definition) is 6. The van der Waals surface area contributed by atoms with Crippen molar-refractivity contribution < 1.29 is 44.3 Å². The van der Waals surface area contributed by atoms with Gasteiger partial charge in [0.15, 0.2) is 0 Å². The standard InChI is InChI=1S/C24H12O8.C11H25NO/c25-21(26)13-8-7-11-10-5-1-3-9-4-2-6-12(14(9)10)16-15(11)17(13)19(23(29)30)20(24(31)32)18(16)22(27)28;1-3-5-7-11(4-2)10-13-9-6-8-12/h1-8H,(H,25,26)(H,27,28)(H,29,30)(H,31,32);11H,3-10,12H2,1-2H3. The molecule has 0 amide bonds. The Morgan fingerprint density at radius 3 is 1.84 bits per heavy atom. The number of carboxylic acids is 4. The number of ether oxygens (including phenoxy) is 1. The lowest BCUT2D eigenvalue weighted by atomic mass is 9.81. The van der Waals surface area contributed by atoms with E-state index in [-0.39, 0.29) is 16.2 Å². The minimum Gasteiger partial charge on any atom is -0.478 e. The summed E-state index contributed by atoms with van der Waals surface area (Å²) in [6.45, 7) is 6.98. The SMILES string of the molecule is CCCCC(CC)COCCCN.O=C(O)c1c(C(=O)O)c2c(C(=O)O)ccc3c4cccc5cccc(c(c1C(=O)O)c23)c54. The topological polar surface area (TPSA) is 184 Å². The lowest BCUT2D eigenvalue weighted by molar-refractivity contribution is 0.0635. The van der Waals surface area contributed by atoms with Crippen molar-refractivity contribution >= 4 is 67.0 Å². The van der Waals surface area contributed by atoms with Gasteiger partial charge in [0.25, 0.3) is 0 Å². The summed E-state index contributed by atoms with van der Waals surface area (Å²) in [5.74, 6) is -5.82. The molecule has 10 heteroatoms. The number of carbonyl (C=O) groups is 4. The summed E-state index contributed by atoms with van der Waals surface area (Å²) in [7, 11) is 0. The number of rotatable bonds is 13. The number of carboxylic acid groups (broad SMARTS) is 4. The van der Waals surface area contributed by atoms with E-state index in [9.17, 15) is 39.6 Å². The molecule has 0 fully saturated rings. The maximum atomic E-state index is 12.3. The van der Waals surface area contributed by atoms with E-state index in [0.29, 0.717) is 21.5 Å². The second kappa shape index (κ2) is 14.3. The first-order valence-corrected chi connectivity index (χ1v) is 15.0. The molecule has 45 heavy (non-hydrogen) atoms. The van der Waals surface area contributed by atoms with E-state index < -0.39 is 46.1 Å². The first kappa shape index (κ1) is 33.1. The fourth-order valence-corrected chi connectivity index (χ4v) is 6.04. The number of hydrogen-bond donors (Lipinski definition) is 5. The molecule has 5 rings (SSSR count). The Morgan fingerprint density at radius 1 is 0.689 bits per heavy atom. The van der Waals surface area contributed by atoms with E-state index in [0.717, 1.165) is 37.5 Å². The molecule has 0 radical (unpaired) electrons. The van der Waals surface area contributed by atoms with E-state index in [2.05, 4.69) is 13.8 Å². The zero-order valence-electron chi connectivity index (χ0n) is 25.3. The van der Waals surface area contributed by atoms with Crippen LogP contribution in [0.15, 0.2) is 48.5 Å². The largest absolute Gasteiger partial charge is 0.478 e. The molecule has 0 bridgehead atoms. The van der Waals surface area contributed by atoms with Crippen molar-refractivity contribution in [3.63, 3.8) is 0 Å². The number of fused-ring (bicyclic) bond motifs is 2. The molecule has 5 aromatic rings. The van der Waals surface area contributed by atoms with Crippen LogP contribution in [0.2, 0.25) is 0 Å². The van der Waals surface area contributed by atoms with Gasteiger partial charge < -0.3 is 30.9 Å². The maximum absolute atomic E-state index is 12.3. The summed E-state index contributed by atoms with van der Waals surface area (Å²) < 4.78 is 5.54. The molecule has 0 saturated heterocycles. The molecule has 0 aliphatic rings. The summed E-state index contributed by atoms with van der Waals surface area (Å²) >= 11 is 0. The molecule has 10 nitrogen and oxygen atoms in total. The van der Waals surface area contributed by atoms with E-state index in [1.54, 1.807) is 24.3 Å². The number of unbranched alkanes of at least 4 members (excludes halogenated alkanes) is 1. The van der Waals surface area contributed by atoms with Crippen molar-refractivity contribution in [1.29, 1.82) is 0 Å². The van der Waals surface area contributed by atoms with Crippen molar-refractivity contribution in [3.05, 3.63) is 70.8 Å². The first-order valence-electron chi connectivity index (χ1n) is 15.0. The average molecular weight is 616 g/mol. The predicted molar refractivity (Wildman–Crippen MR) is 173 cm³/mol. The molecule has 0 heterocycles. The minimum atomic E-state index is -1.77. The van der Waals surface area contributed by atoms with Crippen LogP contribution in [0, 0.1) is 5.92 Å². The number of nitrogens with two attached hydrogens (primary N) is 1. The van der Waals surface area contributed by atoms with Gasteiger partial charge in [-0.2, -0.15) is 0 Å². The molecule has 1 atom stereocenters. The van der Waals surface area contributed by atoms with Gasteiger partial charge in [-0.25, -0.2) is 19.2 Å². The van der Waals surface area contributed by atoms with Gasteiger partial charge in [0, 0.05) is 29.4 Å². The molecule has 0 aliphatic carbocycles. The Labute approximate surface area is 259 Å². The number of benzene rings is 5. The van der Waals surface area contributed by atoms with Crippen LogP contribution in [0.25, 0.3) is 43.1 Å². The van der Waals surface area contributed by atoms with Crippen molar-refractivity contribution in [1.82, 2.24) is 0 Å². The quantitative estimate of drug-likeness (QED) is 0.0520. The second-order valence-corrected chi connectivity index (χ2v) is 11.0. The van der Waals surface area contributed by atoms with Crippen LogP contribution in [0.4, 0.5) is 0 Å². The van der Waals surface area contributed by atoms with Crippen LogP contribution >= 0.6 is 0 Å². The minimum absolute atomic E-state index is 0.00250. The molecule has 6 N–H and O–H groups in total. The van der Waals surface area contributed by atoms with Gasteiger partial charge >= 0.3 is 23.9 Å². The van der Waals surface area contributed by atoms with E-state index in [1.807, 2.05) is 12.1 Å². The van der Waals surface area contributed by atoms with Gasteiger partial charge in [0.2, 0.25) is 0 Å². The molecule has 0 spiro atoms. The predicted octanol–water partition coefficient (Wildman–Crippen LogP) is 7.10. The van der Waals surface area contributed by atoms with Crippen LogP contribution in [0.5, 0.6) is 0 Å². The molecule has 0 aromatic heterocycles. The Kier molecular flexibility index (Phi) is 10.5. The second-order valence-electron chi connectivity index (χ2n) is 11.0. The summed E-state index contributed by atoms with van der Waals surface area (Å²) in [5.41, 5.74) is 2.45. The van der Waals surface area contributed by atoms with E-state index >= 15 is 0 Å². The fraction of sp³-hybridized carbons (Fsp3) is 0.314. The molecule has 236 valence electrons. The fourth-order valence-electron chi connectivity index (χ4n) is 6.04. The van der Waals surface area contributed by atoms with Crippen molar-refractivity contribution in [2.24, 2.45) is 11.7 Å². The summed E-state index contributed by atoms with van der Waals surface area (Å²) in [4.78, 5) is 48.7. The summed E-state index contributed by atoms with van der Waals surface area (Å²) in [5, 5.41) is 42.3. The Bertz CT molecular complexity index is 1890. The summed E-state index contributed by atoms with van der Waals surface area (Å²) in [6, 6.07) is 13.2. The molecule has 0 saturated carbocycles. The average Bonchev–Trinajstić information content (AvgIpc) is 3.02. The van der Waals surface area contributed by atoms with Crippen LogP contribution in [0.3, 0.4) is 0 Å². The van der Waals surface area contributed by atoms with E-state index in [4.69, 9.17) is 10.5 Å². The van der Waals surface area contributed by atoms with Crippen LogP contribution in [-0.2, 0) is 4.74 Å². The van der Waals surface area contributed by atoms with Crippen molar-refractivity contribution in [2.45, 2.75) is 46.0 Å². The highest BCUT2D eigenvalue weighted by Crippen LogP contribution is 2.45. The highest BCUT2D eigenvalue weighted by molar-refractivity contribution is 6.40. The van der Waals surface area contributed by atoms with Gasteiger partial charge in [-0.1, -0.05) is 75.6 Å². The third-order valence-corrected chi connectivity index (χ3v) is 8.18. The Hall–Kier alpha value is -4.80. The normalized spacial score (nSPS) is 12.0. The summed E-state index contributed by atoms with van der Waals surface area (Å²) in [6.07, 6.45) is 6.17. The molecular weight excluding hydrogens is 578 g/mol. The lowest BCUT2D eigenvalue weighted by Gasteiger charge is -2.20. The number of aromatic carboxylic acids is 4. The molecular formula is C35H37NO9. The monoisotopic (exact) mass is 615 g/mol. The smallest absolute Gasteiger partial charge is 0.337 e. The maximum Gasteiger partial charge on any atom is 0.337 e. The van der Waals surface area contributed by atoms with Crippen LogP contribution in [0.1, 0.15) is 87.4 Å².